The molecule has 1 atom stereocenters. The summed E-state index contributed by atoms with van der Waals surface area (Å²) in [5.74, 6) is -0.556. The molecular weight excluding hydrogens is 245 g/mol. The first-order chi connectivity index (χ1) is 8.30. The van der Waals surface area contributed by atoms with E-state index in [0.717, 1.165) is 17.1 Å². The maximum Gasteiger partial charge on any atom is 0.416 e. The number of amides is 1. The molecule has 1 aliphatic heterocycles. The molecule has 1 aromatic rings. The Morgan fingerprint density at radius 2 is 1.78 bits per heavy atom. The first kappa shape index (κ1) is 12.6. The molecule has 1 aliphatic rings. The summed E-state index contributed by atoms with van der Waals surface area (Å²) in [5, 5.41) is 5.17. The van der Waals surface area contributed by atoms with Crippen molar-refractivity contribution in [1.29, 1.82) is 0 Å². The van der Waals surface area contributed by atoms with Gasteiger partial charge in [-0.2, -0.15) is 18.3 Å². The number of halogens is 3. The summed E-state index contributed by atoms with van der Waals surface area (Å²) >= 11 is 0. The molecule has 1 unspecified atom stereocenters. The number of benzene rings is 1. The zero-order valence-corrected chi connectivity index (χ0v) is 9.82. The van der Waals surface area contributed by atoms with Crippen LogP contribution in [0.25, 0.3) is 0 Å². The van der Waals surface area contributed by atoms with E-state index in [9.17, 15) is 18.0 Å². The molecule has 1 amide bonds. The van der Waals surface area contributed by atoms with Crippen LogP contribution >= 0.6 is 0 Å². The van der Waals surface area contributed by atoms with Crippen LogP contribution in [0.5, 0.6) is 0 Å². The Kier molecular flexibility index (Phi) is 2.88. The van der Waals surface area contributed by atoms with E-state index < -0.39 is 11.7 Å². The highest BCUT2D eigenvalue weighted by Gasteiger charge is 2.33. The minimum Gasteiger partial charge on any atom is -0.272 e. The van der Waals surface area contributed by atoms with Gasteiger partial charge in [-0.1, -0.05) is 0 Å². The van der Waals surface area contributed by atoms with Crippen LogP contribution in [0.3, 0.4) is 0 Å². The van der Waals surface area contributed by atoms with Crippen LogP contribution in [0.4, 0.5) is 18.9 Å². The Hall–Kier alpha value is -1.85. The lowest BCUT2D eigenvalue weighted by atomic mass is 10.1. The first-order valence-electron chi connectivity index (χ1n) is 5.37. The molecule has 0 aliphatic carbocycles. The van der Waals surface area contributed by atoms with Crippen molar-refractivity contribution in [1.82, 2.24) is 0 Å². The van der Waals surface area contributed by atoms with Gasteiger partial charge in [-0.25, -0.2) is 5.01 Å². The van der Waals surface area contributed by atoms with Crippen molar-refractivity contribution >= 4 is 17.3 Å². The molecule has 0 fully saturated rings. The summed E-state index contributed by atoms with van der Waals surface area (Å²) in [6.07, 6.45) is -4.37. The van der Waals surface area contributed by atoms with Gasteiger partial charge in [0.05, 0.1) is 17.2 Å². The molecule has 0 spiro atoms. The van der Waals surface area contributed by atoms with Gasteiger partial charge >= 0.3 is 6.18 Å². The molecule has 0 saturated heterocycles. The number of nitrogens with zero attached hydrogens (tertiary/aromatic N) is 2. The van der Waals surface area contributed by atoms with Crippen molar-refractivity contribution < 1.29 is 18.0 Å². The zero-order valence-electron chi connectivity index (χ0n) is 9.82. The maximum absolute atomic E-state index is 12.4. The second kappa shape index (κ2) is 4.12. The molecule has 2 rings (SSSR count). The molecule has 0 bridgehead atoms. The quantitative estimate of drug-likeness (QED) is 0.760. The van der Waals surface area contributed by atoms with Crippen LogP contribution in [0.2, 0.25) is 0 Å². The normalized spacial score (nSPS) is 20.3. The van der Waals surface area contributed by atoms with Crippen molar-refractivity contribution in [2.45, 2.75) is 20.0 Å². The molecule has 6 heteroatoms. The number of hydrogen-bond donors (Lipinski definition) is 0. The Labute approximate surface area is 102 Å². The molecule has 0 aromatic heterocycles. The van der Waals surface area contributed by atoms with Crippen molar-refractivity contribution in [2.75, 3.05) is 5.01 Å². The number of hydrogen-bond acceptors (Lipinski definition) is 2. The molecule has 1 aromatic carbocycles. The van der Waals surface area contributed by atoms with Crippen LogP contribution in [0.1, 0.15) is 19.4 Å². The summed E-state index contributed by atoms with van der Waals surface area (Å²) in [5.41, 5.74) is 0.253. The minimum absolute atomic E-state index is 0.229. The number of carbonyl (C=O) groups is 1. The van der Waals surface area contributed by atoms with Crippen LogP contribution in [-0.4, -0.2) is 11.6 Å². The second-order valence-electron chi connectivity index (χ2n) is 4.16. The van der Waals surface area contributed by atoms with Gasteiger partial charge < -0.3 is 0 Å². The third-order valence-electron chi connectivity index (χ3n) is 2.90. The molecule has 0 radical (unpaired) electrons. The standard InChI is InChI=1S/C12H11F3N2O/c1-7-8(2)16-17(11(7)18)10-5-3-9(4-6-10)12(13,14)15/h3-7H,1-2H3. The topological polar surface area (TPSA) is 32.7 Å². The molecule has 96 valence electrons. The number of carbonyl (C=O) groups excluding carboxylic acids is 1. The summed E-state index contributed by atoms with van der Waals surface area (Å²) in [6, 6.07) is 4.37. The van der Waals surface area contributed by atoms with Gasteiger partial charge in [-0.3, -0.25) is 4.79 Å². The van der Waals surface area contributed by atoms with Crippen molar-refractivity contribution in [3.05, 3.63) is 29.8 Å². The fourth-order valence-electron chi connectivity index (χ4n) is 1.63. The van der Waals surface area contributed by atoms with E-state index in [1.54, 1.807) is 13.8 Å². The summed E-state index contributed by atoms with van der Waals surface area (Å²) in [4.78, 5) is 11.8. The van der Waals surface area contributed by atoms with Gasteiger partial charge in [0, 0.05) is 5.71 Å². The third kappa shape index (κ3) is 2.10. The Morgan fingerprint density at radius 3 is 2.17 bits per heavy atom. The average Bonchev–Trinajstić information content (AvgIpc) is 2.56. The van der Waals surface area contributed by atoms with Gasteiger partial charge in [0.25, 0.3) is 5.91 Å². The third-order valence-corrected chi connectivity index (χ3v) is 2.90. The van der Waals surface area contributed by atoms with Gasteiger partial charge in [-0.05, 0) is 38.1 Å². The number of alkyl halides is 3. The van der Waals surface area contributed by atoms with Crippen LogP contribution in [0, 0.1) is 5.92 Å². The van der Waals surface area contributed by atoms with Crippen molar-refractivity contribution in [3.63, 3.8) is 0 Å². The van der Waals surface area contributed by atoms with Crippen LogP contribution < -0.4 is 5.01 Å². The Bertz CT molecular complexity index is 505. The fraction of sp³-hybridized carbons (Fsp3) is 0.333. The molecule has 0 N–H and O–H groups in total. The number of rotatable bonds is 1. The van der Waals surface area contributed by atoms with Gasteiger partial charge in [-0.15, -0.1) is 0 Å². The van der Waals surface area contributed by atoms with E-state index in [1.165, 1.54) is 12.1 Å². The van der Waals surface area contributed by atoms with E-state index in [0.29, 0.717) is 11.4 Å². The summed E-state index contributed by atoms with van der Waals surface area (Å²) < 4.78 is 37.2. The lowest BCUT2D eigenvalue weighted by Crippen LogP contribution is -2.25. The number of anilines is 1. The summed E-state index contributed by atoms with van der Waals surface area (Å²) in [6.45, 7) is 3.43. The zero-order chi connectivity index (χ0) is 13.5. The van der Waals surface area contributed by atoms with Crippen molar-refractivity contribution in [3.8, 4) is 0 Å². The number of hydrazone groups is 1. The highest BCUT2D eigenvalue weighted by molar-refractivity contribution is 6.14. The maximum atomic E-state index is 12.4. The van der Waals surface area contributed by atoms with E-state index in [2.05, 4.69) is 5.10 Å². The van der Waals surface area contributed by atoms with E-state index >= 15 is 0 Å². The highest BCUT2D eigenvalue weighted by Crippen LogP contribution is 2.31. The molecule has 1 heterocycles. The highest BCUT2D eigenvalue weighted by atomic mass is 19.4. The Balaban J connectivity index is 2.29. The van der Waals surface area contributed by atoms with E-state index in [1.807, 2.05) is 0 Å². The predicted octanol–water partition coefficient (Wildman–Crippen LogP) is 3.06. The lowest BCUT2D eigenvalue weighted by molar-refractivity contribution is -0.137. The minimum atomic E-state index is -4.37. The van der Waals surface area contributed by atoms with Gasteiger partial charge in [0.1, 0.15) is 0 Å². The van der Waals surface area contributed by atoms with E-state index in [4.69, 9.17) is 0 Å². The van der Waals surface area contributed by atoms with Gasteiger partial charge in [0.15, 0.2) is 0 Å². The molecule has 18 heavy (non-hydrogen) atoms. The smallest absolute Gasteiger partial charge is 0.272 e. The van der Waals surface area contributed by atoms with Crippen LogP contribution in [0.15, 0.2) is 29.4 Å². The lowest BCUT2D eigenvalue weighted by Gasteiger charge is -2.14. The van der Waals surface area contributed by atoms with Crippen molar-refractivity contribution in [2.24, 2.45) is 11.0 Å². The predicted molar refractivity (Wildman–Crippen MR) is 61.2 cm³/mol. The largest absolute Gasteiger partial charge is 0.416 e. The average molecular weight is 256 g/mol. The summed E-state index contributed by atoms with van der Waals surface area (Å²) in [7, 11) is 0. The first-order valence-corrected chi connectivity index (χ1v) is 5.37. The molecule has 3 nitrogen and oxygen atoms in total. The fourth-order valence-corrected chi connectivity index (χ4v) is 1.63. The van der Waals surface area contributed by atoms with Crippen LogP contribution in [-0.2, 0) is 11.0 Å². The van der Waals surface area contributed by atoms with Gasteiger partial charge in [0.2, 0.25) is 0 Å². The second-order valence-corrected chi connectivity index (χ2v) is 4.16. The Morgan fingerprint density at radius 1 is 1.22 bits per heavy atom. The SMILES string of the molecule is CC1=NN(c2ccc(C(F)(F)F)cc2)C(=O)C1C. The van der Waals surface area contributed by atoms with E-state index in [-0.39, 0.29) is 11.8 Å². The monoisotopic (exact) mass is 256 g/mol. The molecular formula is C12H11F3N2O. The molecule has 0 saturated carbocycles.